The molecule has 2 N–H and O–H groups in total. The van der Waals surface area contributed by atoms with Gasteiger partial charge in [-0.2, -0.15) is 4.98 Å². The molecule has 0 spiro atoms. The molecule has 0 saturated carbocycles. The standard InChI is InChI=1S/C27H25Cl2N5O2/c1-17-4-8-20(9-5-17)24(35)32-27(2,3)25(36)31-26-30-23(19-10-14-22(29)15-11-19)34(33-26)16-18-6-12-21(28)13-7-18/h4-15H,16H2,1-3H3,(H,32,35)(H,31,33,36). The van der Waals surface area contributed by atoms with Crippen molar-refractivity contribution in [3.63, 3.8) is 0 Å². The Hall–Kier alpha value is -3.68. The minimum absolute atomic E-state index is 0.122. The highest BCUT2D eigenvalue weighted by molar-refractivity contribution is 6.30. The number of carbonyl (C=O) groups is 2. The zero-order valence-corrected chi connectivity index (χ0v) is 21.6. The van der Waals surface area contributed by atoms with Crippen LogP contribution in [-0.2, 0) is 11.3 Å². The van der Waals surface area contributed by atoms with Gasteiger partial charge >= 0.3 is 0 Å². The van der Waals surface area contributed by atoms with Crippen LogP contribution in [0.15, 0.2) is 72.8 Å². The first kappa shape index (κ1) is 25.4. The Labute approximate surface area is 219 Å². The van der Waals surface area contributed by atoms with Gasteiger partial charge in [0, 0.05) is 21.2 Å². The van der Waals surface area contributed by atoms with E-state index in [0.717, 1.165) is 16.7 Å². The van der Waals surface area contributed by atoms with Crippen LogP contribution in [0.3, 0.4) is 0 Å². The molecule has 0 atom stereocenters. The number of hydrogen-bond donors (Lipinski definition) is 2. The highest BCUT2D eigenvalue weighted by Crippen LogP contribution is 2.23. The number of aromatic nitrogens is 3. The maximum atomic E-state index is 13.1. The van der Waals surface area contributed by atoms with Gasteiger partial charge in [-0.3, -0.25) is 14.9 Å². The van der Waals surface area contributed by atoms with Crippen LogP contribution in [0.5, 0.6) is 0 Å². The van der Waals surface area contributed by atoms with Gasteiger partial charge in [0.25, 0.3) is 11.8 Å². The van der Waals surface area contributed by atoms with Crippen molar-refractivity contribution in [2.75, 3.05) is 5.32 Å². The molecule has 0 aliphatic heterocycles. The number of hydrogen-bond acceptors (Lipinski definition) is 4. The van der Waals surface area contributed by atoms with Gasteiger partial charge in [0.2, 0.25) is 5.95 Å². The van der Waals surface area contributed by atoms with Gasteiger partial charge in [-0.25, -0.2) is 4.68 Å². The van der Waals surface area contributed by atoms with Crippen molar-refractivity contribution in [1.29, 1.82) is 0 Å². The maximum absolute atomic E-state index is 13.1. The number of benzene rings is 3. The van der Waals surface area contributed by atoms with E-state index in [2.05, 4.69) is 20.7 Å². The van der Waals surface area contributed by atoms with Crippen LogP contribution in [0.4, 0.5) is 5.95 Å². The SMILES string of the molecule is Cc1ccc(C(=O)NC(C)(C)C(=O)Nc2nc(-c3ccc(Cl)cc3)n(Cc3ccc(Cl)cc3)n2)cc1. The fraction of sp³-hybridized carbons (Fsp3) is 0.185. The number of aryl methyl sites for hydroxylation is 1. The van der Waals surface area contributed by atoms with Crippen LogP contribution < -0.4 is 10.6 Å². The Balaban J connectivity index is 1.56. The summed E-state index contributed by atoms with van der Waals surface area (Å²) in [5.74, 6) is -0.123. The van der Waals surface area contributed by atoms with E-state index in [0.29, 0.717) is 28.0 Å². The molecular weight excluding hydrogens is 497 g/mol. The van der Waals surface area contributed by atoms with Crippen LogP contribution in [0.1, 0.15) is 35.3 Å². The molecule has 1 heterocycles. The predicted molar refractivity (Wildman–Crippen MR) is 142 cm³/mol. The molecule has 0 aliphatic rings. The van der Waals surface area contributed by atoms with Crippen molar-refractivity contribution in [2.45, 2.75) is 32.9 Å². The van der Waals surface area contributed by atoms with Gasteiger partial charge in [-0.15, -0.1) is 5.10 Å². The summed E-state index contributed by atoms with van der Waals surface area (Å²) in [5.41, 5.74) is 2.04. The first-order valence-electron chi connectivity index (χ1n) is 11.3. The molecule has 0 radical (unpaired) electrons. The number of halogens is 2. The second-order valence-electron chi connectivity index (χ2n) is 8.95. The summed E-state index contributed by atoms with van der Waals surface area (Å²) < 4.78 is 1.69. The van der Waals surface area contributed by atoms with E-state index < -0.39 is 11.4 Å². The zero-order chi connectivity index (χ0) is 25.9. The number of nitrogens with one attached hydrogen (secondary N) is 2. The van der Waals surface area contributed by atoms with Gasteiger partial charge < -0.3 is 5.32 Å². The van der Waals surface area contributed by atoms with Crippen molar-refractivity contribution >= 4 is 41.0 Å². The summed E-state index contributed by atoms with van der Waals surface area (Å²) in [7, 11) is 0. The number of carbonyl (C=O) groups excluding carboxylic acids is 2. The van der Waals surface area contributed by atoms with Crippen LogP contribution in [0, 0.1) is 6.92 Å². The molecule has 0 fully saturated rings. The molecule has 0 unspecified atom stereocenters. The van der Waals surface area contributed by atoms with Gasteiger partial charge in [0.1, 0.15) is 5.54 Å². The lowest BCUT2D eigenvalue weighted by molar-refractivity contribution is -0.121. The lowest BCUT2D eigenvalue weighted by atomic mass is 10.0. The van der Waals surface area contributed by atoms with E-state index >= 15 is 0 Å². The van der Waals surface area contributed by atoms with Gasteiger partial charge in [0.05, 0.1) is 6.54 Å². The van der Waals surface area contributed by atoms with Crippen LogP contribution in [0.25, 0.3) is 11.4 Å². The molecule has 2 amide bonds. The molecule has 7 nitrogen and oxygen atoms in total. The van der Waals surface area contributed by atoms with Crippen molar-refractivity contribution in [3.05, 3.63) is 99.5 Å². The number of anilines is 1. The summed E-state index contributed by atoms with van der Waals surface area (Å²) in [6.07, 6.45) is 0. The second kappa shape index (κ2) is 10.5. The lowest BCUT2D eigenvalue weighted by Gasteiger charge is -2.24. The average Bonchev–Trinajstić information content (AvgIpc) is 3.23. The van der Waals surface area contributed by atoms with E-state index in [1.807, 2.05) is 43.3 Å². The third kappa shape index (κ3) is 6.11. The van der Waals surface area contributed by atoms with Gasteiger partial charge in [-0.05, 0) is 74.9 Å². The Morgan fingerprint density at radius 3 is 2.08 bits per heavy atom. The molecule has 36 heavy (non-hydrogen) atoms. The third-order valence-corrected chi connectivity index (χ3v) is 6.06. The molecule has 0 aliphatic carbocycles. The summed E-state index contributed by atoms with van der Waals surface area (Å²) in [6.45, 7) is 5.60. The molecule has 0 bridgehead atoms. The Kier molecular flexibility index (Phi) is 7.43. The molecule has 3 aromatic carbocycles. The maximum Gasteiger partial charge on any atom is 0.252 e. The minimum Gasteiger partial charge on any atom is -0.338 e. The van der Waals surface area contributed by atoms with Gasteiger partial charge in [-0.1, -0.05) is 53.0 Å². The summed E-state index contributed by atoms with van der Waals surface area (Å²) in [4.78, 5) is 30.3. The Bertz CT molecular complexity index is 1380. The second-order valence-corrected chi connectivity index (χ2v) is 9.82. The van der Waals surface area contributed by atoms with E-state index in [9.17, 15) is 9.59 Å². The van der Waals surface area contributed by atoms with E-state index in [1.54, 1.807) is 54.9 Å². The highest BCUT2D eigenvalue weighted by Gasteiger charge is 2.31. The monoisotopic (exact) mass is 521 g/mol. The summed E-state index contributed by atoms with van der Waals surface area (Å²) in [6, 6.07) is 21.7. The van der Waals surface area contributed by atoms with Crippen molar-refractivity contribution < 1.29 is 9.59 Å². The highest BCUT2D eigenvalue weighted by atomic mass is 35.5. The Morgan fingerprint density at radius 1 is 0.889 bits per heavy atom. The van der Waals surface area contributed by atoms with Crippen LogP contribution >= 0.6 is 23.2 Å². The predicted octanol–water partition coefficient (Wildman–Crippen LogP) is 5.76. The molecule has 9 heteroatoms. The van der Waals surface area contributed by atoms with E-state index in [-0.39, 0.29) is 11.9 Å². The summed E-state index contributed by atoms with van der Waals surface area (Å²) in [5, 5.41) is 11.3. The molecule has 4 aromatic rings. The zero-order valence-electron chi connectivity index (χ0n) is 20.0. The molecule has 4 rings (SSSR count). The molecule has 184 valence electrons. The summed E-state index contributed by atoms with van der Waals surface area (Å²) >= 11 is 12.1. The smallest absolute Gasteiger partial charge is 0.252 e. The van der Waals surface area contributed by atoms with E-state index in [4.69, 9.17) is 23.2 Å². The fourth-order valence-corrected chi connectivity index (χ4v) is 3.71. The average molecular weight is 522 g/mol. The number of rotatable bonds is 7. The first-order chi connectivity index (χ1) is 17.1. The molecule has 1 aromatic heterocycles. The number of amides is 2. The fourth-order valence-electron chi connectivity index (χ4n) is 3.46. The van der Waals surface area contributed by atoms with Crippen LogP contribution in [0.2, 0.25) is 10.0 Å². The molecule has 0 saturated heterocycles. The van der Waals surface area contributed by atoms with E-state index in [1.165, 1.54) is 0 Å². The lowest BCUT2D eigenvalue weighted by Crippen LogP contribution is -2.52. The topological polar surface area (TPSA) is 88.9 Å². The molecular formula is C27H25Cl2N5O2. The number of nitrogens with zero attached hydrogens (tertiary/aromatic N) is 3. The third-order valence-electron chi connectivity index (χ3n) is 5.55. The van der Waals surface area contributed by atoms with Crippen molar-refractivity contribution in [1.82, 2.24) is 20.1 Å². The van der Waals surface area contributed by atoms with Crippen molar-refractivity contribution in [2.24, 2.45) is 0 Å². The van der Waals surface area contributed by atoms with Gasteiger partial charge in [0.15, 0.2) is 5.82 Å². The quantitative estimate of drug-likeness (QED) is 0.323. The van der Waals surface area contributed by atoms with Crippen LogP contribution in [-0.4, -0.2) is 32.1 Å². The normalized spacial score (nSPS) is 11.2. The van der Waals surface area contributed by atoms with Crippen molar-refractivity contribution in [3.8, 4) is 11.4 Å². The largest absolute Gasteiger partial charge is 0.338 e. The Morgan fingerprint density at radius 2 is 1.47 bits per heavy atom. The minimum atomic E-state index is -1.22. The first-order valence-corrected chi connectivity index (χ1v) is 12.0.